The van der Waals surface area contributed by atoms with Gasteiger partial charge in [-0.15, -0.1) is 0 Å². The second-order valence-electron chi connectivity index (χ2n) is 5.17. The number of carbonyl (C=O) groups is 2. The van der Waals surface area contributed by atoms with Gasteiger partial charge in [0.25, 0.3) is 5.91 Å². The third-order valence-corrected chi connectivity index (χ3v) is 3.56. The van der Waals surface area contributed by atoms with E-state index < -0.39 is 18.5 Å². The minimum Gasteiger partial charge on any atom is -0.478 e. The Morgan fingerprint density at radius 1 is 1.32 bits per heavy atom. The zero-order valence-corrected chi connectivity index (χ0v) is 14.0. The van der Waals surface area contributed by atoms with Crippen molar-refractivity contribution in [1.82, 2.24) is 4.90 Å². The summed E-state index contributed by atoms with van der Waals surface area (Å²) in [7, 11) is 1.41. The van der Waals surface area contributed by atoms with E-state index in [0.717, 1.165) is 0 Å². The van der Waals surface area contributed by atoms with E-state index in [1.165, 1.54) is 43.1 Å². The number of aromatic carboxylic acids is 1. The summed E-state index contributed by atoms with van der Waals surface area (Å²) in [6, 6.07) is 5.02. The van der Waals surface area contributed by atoms with Gasteiger partial charge in [-0.1, -0.05) is 11.6 Å². The van der Waals surface area contributed by atoms with E-state index in [9.17, 15) is 18.4 Å². The normalized spacial score (nSPS) is 10.8. The van der Waals surface area contributed by atoms with E-state index in [0.29, 0.717) is 0 Å². The first kappa shape index (κ1) is 18.7. The average molecular weight is 374 g/mol. The Morgan fingerprint density at radius 2 is 2.00 bits per heavy atom. The van der Waals surface area contributed by atoms with Crippen molar-refractivity contribution in [3.05, 3.63) is 51.9 Å². The first-order chi connectivity index (χ1) is 11.7. The van der Waals surface area contributed by atoms with Gasteiger partial charge in [0.05, 0.1) is 12.1 Å². The molecule has 0 atom stereocenters. The lowest BCUT2D eigenvalue weighted by molar-refractivity contribution is -0.0502. The molecule has 2 aromatic rings. The Bertz CT molecular complexity index is 806. The molecule has 9 heteroatoms. The van der Waals surface area contributed by atoms with Crippen LogP contribution in [0.3, 0.4) is 0 Å². The molecule has 1 N–H and O–H groups in total. The van der Waals surface area contributed by atoms with Gasteiger partial charge in [0.2, 0.25) is 0 Å². The molecule has 6 nitrogen and oxygen atoms in total. The van der Waals surface area contributed by atoms with Crippen LogP contribution in [-0.4, -0.2) is 35.5 Å². The van der Waals surface area contributed by atoms with Crippen LogP contribution in [0.15, 0.2) is 28.7 Å². The number of amides is 1. The van der Waals surface area contributed by atoms with E-state index in [-0.39, 0.29) is 40.0 Å². The van der Waals surface area contributed by atoms with Crippen LogP contribution in [-0.2, 0) is 6.54 Å². The van der Waals surface area contributed by atoms with Gasteiger partial charge in [-0.3, -0.25) is 4.79 Å². The highest BCUT2D eigenvalue weighted by atomic mass is 35.5. The van der Waals surface area contributed by atoms with Gasteiger partial charge in [-0.25, -0.2) is 4.79 Å². The number of ether oxygens (including phenoxy) is 1. The maximum absolute atomic E-state index is 12.5. The van der Waals surface area contributed by atoms with Crippen LogP contribution in [0.25, 0.3) is 0 Å². The summed E-state index contributed by atoms with van der Waals surface area (Å²) < 4.78 is 34.6. The molecule has 0 unspecified atom stereocenters. The highest BCUT2D eigenvalue weighted by Crippen LogP contribution is 2.26. The van der Waals surface area contributed by atoms with Crippen LogP contribution in [0.5, 0.6) is 5.75 Å². The van der Waals surface area contributed by atoms with Crippen LogP contribution >= 0.6 is 11.6 Å². The summed E-state index contributed by atoms with van der Waals surface area (Å²) >= 11 is 5.82. The lowest BCUT2D eigenvalue weighted by atomic mass is 10.1. The molecule has 0 fully saturated rings. The highest BCUT2D eigenvalue weighted by Gasteiger charge is 2.22. The molecular formula is C16H14ClF2NO5. The second-order valence-corrected chi connectivity index (χ2v) is 5.60. The van der Waals surface area contributed by atoms with Gasteiger partial charge in [-0.05, 0) is 31.2 Å². The zero-order chi connectivity index (χ0) is 18.7. The molecule has 2 rings (SSSR count). The van der Waals surface area contributed by atoms with Crippen molar-refractivity contribution in [2.24, 2.45) is 0 Å². The predicted molar refractivity (Wildman–Crippen MR) is 84.3 cm³/mol. The zero-order valence-electron chi connectivity index (χ0n) is 13.3. The van der Waals surface area contributed by atoms with Crippen LogP contribution in [0.1, 0.15) is 32.2 Å². The Morgan fingerprint density at radius 3 is 2.56 bits per heavy atom. The van der Waals surface area contributed by atoms with Crippen molar-refractivity contribution < 1.29 is 32.6 Å². The fourth-order valence-electron chi connectivity index (χ4n) is 2.21. The molecule has 1 aromatic heterocycles. The lowest BCUT2D eigenvalue weighted by Gasteiger charge is -2.18. The fraction of sp³-hybridized carbons (Fsp3) is 0.250. The maximum Gasteiger partial charge on any atom is 0.387 e. The molecule has 1 amide bonds. The topological polar surface area (TPSA) is 80.0 Å². The van der Waals surface area contributed by atoms with E-state index in [4.69, 9.17) is 21.1 Å². The number of aryl methyl sites for hydroxylation is 1. The average Bonchev–Trinajstić information content (AvgIpc) is 2.88. The molecule has 1 heterocycles. The number of alkyl halides is 2. The number of hydrogen-bond donors (Lipinski definition) is 1. The number of carboxylic acids is 1. The van der Waals surface area contributed by atoms with Crippen molar-refractivity contribution in [3.63, 3.8) is 0 Å². The fourth-order valence-corrected chi connectivity index (χ4v) is 2.39. The summed E-state index contributed by atoms with van der Waals surface area (Å²) in [6.45, 7) is -1.67. The molecule has 0 radical (unpaired) electrons. The molecule has 0 aliphatic carbocycles. The summed E-state index contributed by atoms with van der Waals surface area (Å²) in [5, 5.41) is 9.19. The quantitative estimate of drug-likeness (QED) is 0.832. The summed E-state index contributed by atoms with van der Waals surface area (Å²) in [4.78, 5) is 24.7. The maximum atomic E-state index is 12.5. The number of halogens is 3. The Labute approximate surface area is 146 Å². The second kappa shape index (κ2) is 7.52. The highest BCUT2D eigenvalue weighted by molar-refractivity contribution is 6.31. The van der Waals surface area contributed by atoms with Gasteiger partial charge >= 0.3 is 12.6 Å². The minimum atomic E-state index is -3.09. The number of rotatable bonds is 6. The number of nitrogens with zero attached hydrogens (tertiary/aromatic N) is 1. The Hall–Kier alpha value is -2.61. The molecule has 1 aromatic carbocycles. The van der Waals surface area contributed by atoms with Gasteiger partial charge in [-0.2, -0.15) is 8.78 Å². The Balaban J connectivity index is 2.24. The first-order valence-electron chi connectivity index (χ1n) is 7.01. The van der Waals surface area contributed by atoms with Crippen molar-refractivity contribution in [3.8, 4) is 5.75 Å². The molecular weight excluding hydrogens is 360 g/mol. The number of benzene rings is 1. The van der Waals surface area contributed by atoms with Gasteiger partial charge in [0.1, 0.15) is 22.8 Å². The monoisotopic (exact) mass is 373 g/mol. The molecule has 134 valence electrons. The SMILES string of the molecule is Cc1oc(CN(C)C(=O)c2cc(Cl)ccc2OC(F)F)cc1C(=O)O. The van der Waals surface area contributed by atoms with E-state index in [1.54, 1.807) is 0 Å². The number of furan rings is 1. The molecule has 0 bridgehead atoms. The predicted octanol–water partition coefficient (Wildman–Crippen LogP) is 3.81. The van der Waals surface area contributed by atoms with E-state index in [2.05, 4.69) is 4.74 Å². The van der Waals surface area contributed by atoms with Gasteiger partial charge in [0.15, 0.2) is 0 Å². The van der Waals surface area contributed by atoms with Crippen molar-refractivity contribution >= 4 is 23.5 Å². The molecule has 25 heavy (non-hydrogen) atoms. The smallest absolute Gasteiger partial charge is 0.387 e. The van der Waals surface area contributed by atoms with E-state index in [1.807, 2.05) is 0 Å². The minimum absolute atomic E-state index is 0.0136. The molecule has 0 saturated carbocycles. The largest absolute Gasteiger partial charge is 0.478 e. The van der Waals surface area contributed by atoms with Crippen LogP contribution in [0.4, 0.5) is 8.78 Å². The third-order valence-electron chi connectivity index (χ3n) is 3.33. The molecule has 0 saturated heterocycles. The Kier molecular flexibility index (Phi) is 5.63. The van der Waals surface area contributed by atoms with Gasteiger partial charge in [0, 0.05) is 12.1 Å². The van der Waals surface area contributed by atoms with Crippen LogP contribution in [0, 0.1) is 6.92 Å². The van der Waals surface area contributed by atoms with Crippen molar-refractivity contribution in [1.29, 1.82) is 0 Å². The summed E-state index contributed by atoms with van der Waals surface area (Å²) in [6.07, 6.45) is 0. The number of carboxylic acid groups (broad SMARTS) is 1. The van der Waals surface area contributed by atoms with Crippen molar-refractivity contribution in [2.45, 2.75) is 20.1 Å². The molecule has 0 spiro atoms. The summed E-state index contributed by atoms with van der Waals surface area (Å²) in [5.74, 6) is -1.65. The van der Waals surface area contributed by atoms with Crippen molar-refractivity contribution in [2.75, 3.05) is 7.05 Å². The summed E-state index contributed by atoms with van der Waals surface area (Å²) in [5.41, 5.74) is -0.155. The van der Waals surface area contributed by atoms with Gasteiger partial charge < -0.3 is 19.2 Å². The molecule has 0 aliphatic rings. The number of hydrogen-bond acceptors (Lipinski definition) is 4. The number of carbonyl (C=O) groups excluding carboxylic acids is 1. The standard InChI is InChI=1S/C16H14ClF2NO5/c1-8-11(15(22)23)6-10(24-8)7-20(2)14(21)12-5-9(17)3-4-13(12)25-16(18)19/h3-6,16H,7H2,1-2H3,(H,22,23). The molecule has 0 aliphatic heterocycles. The van der Waals surface area contributed by atoms with Crippen LogP contribution in [0.2, 0.25) is 5.02 Å². The third kappa shape index (κ3) is 4.48. The van der Waals surface area contributed by atoms with E-state index >= 15 is 0 Å². The lowest BCUT2D eigenvalue weighted by Crippen LogP contribution is -2.26. The van der Waals surface area contributed by atoms with Crippen LogP contribution < -0.4 is 4.74 Å². The first-order valence-corrected chi connectivity index (χ1v) is 7.39.